The molecule has 0 unspecified atom stereocenters. The molecule has 0 saturated carbocycles. The molecule has 0 atom stereocenters. The zero-order valence-electron chi connectivity index (χ0n) is 5.68. The van der Waals surface area contributed by atoms with Gasteiger partial charge in [-0.3, -0.25) is 0 Å². The van der Waals surface area contributed by atoms with E-state index in [4.69, 9.17) is 0 Å². The van der Waals surface area contributed by atoms with Gasteiger partial charge in [-0.05, 0) is 12.1 Å². The van der Waals surface area contributed by atoms with Crippen LogP contribution in [0.25, 0.3) is 5.82 Å². The van der Waals surface area contributed by atoms with Gasteiger partial charge in [-0.2, -0.15) is 0 Å². The van der Waals surface area contributed by atoms with Crippen LogP contribution in [0.5, 0.6) is 0 Å². The Morgan fingerprint density at radius 2 is 2.45 bits per heavy atom. The molecule has 0 spiro atoms. The zero-order valence-corrected chi connectivity index (χ0v) is 5.68. The van der Waals surface area contributed by atoms with Gasteiger partial charge in [0.25, 0.3) is 0 Å². The van der Waals surface area contributed by atoms with Gasteiger partial charge in [0.2, 0.25) is 0 Å². The largest absolute Gasteiger partial charge is 0.236 e. The maximum absolute atomic E-state index is 4.03. The minimum atomic E-state index is 0.751. The van der Waals surface area contributed by atoms with Crippen molar-refractivity contribution >= 4 is 0 Å². The van der Waals surface area contributed by atoms with Crippen LogP contribution in [0.1, 0.15) is 0 Å². The molecular formula is C7H5N4. The van der Waals surface area contributed by atoms with Crippen LogP contribution in [-0.2, 0) is 0 Å². The monoisotopic (exact) mass is 145 g/mol. The molecule has 2 rings (SSSR count). The number of hydrogen-bond acceptors (Lipinski definition) is 3. The number of nitrogens with zero attached hydrogens (tertiary/aromatic N) is 4. The van der Waals surface area contributed by atoms with E-state index in [0.717, 1.165) is 5.82 Å². The summed E-state index contributed by atoms with van der Waals surface area (Å²) in [6.45, 7) is 0. The molecule has 0 aliphatic rings. The summed E-state index contributed by atoms with van der Waals surface area (Å²) in [5.74, 6) is 0.751. The highest BCUT2D eigenvalue weighted by atomic mass is 15.4. The zero-order chi connectivity index (χ0) is 7.52. The van der Waals surface area contributed by atoms with Crippen molar-refractivity contribution in [3.63, 3.8) is 0 Å². The molecule has 0 aromatic carbocycles. The summed E-state index contributed by atoms with van der Waals surface area (Å²) in [6.07, 6.45) is 4.94. The average molecular weight is 145 g/mol. The predicted molar refractivity (Wildman–Crippen MR) is 38.0 cm³/mol. The molecule has 0 fully saturated rings. The maximum atomic E-state index is 4.03. The minimum Gasteiger partial charge on any atom is -0.236 e. The Balaban J connectivity index is 2.46. The first kappa shape index (κ1) is 6.03. The fourth-order valence-electron chi connectivity index (χ4n) is 0.778. The van der Waals surface area contributed by atoms with Crippen LogP contribution in [0.2, 0.25) is 0 Å². The van der Waals surface area contributed by atoms with E-state index in [2.05, 4.69) is 21.4 Å². The summed E-state index contributed by atoms with van der Waals surface area (Å²) in [5.41, 5.74) is 0. The Kier molecular flexibility index (Phi) is 1.37. The smallest absolute Gasteiger partial charge is 0.155 e. The lowest BCUT2D eigenvalue weighted by Crippen LogP contribution is -1.96. The second-order valence-electron chi connectivity index (χ2n) is 1.96. The fourth-order valence-corrected chi connectivity index (χ4v) is 0.778. The molecule has 0 amide bonds. The third-order valence-corrected chi connectivity index (χ3v) is 1.26. The topological polar surface area (TPSA) is 43.6 Å². The lowest BCUT2D eigenvalue weighted by Gasteiger charge is -1.94. The number of rotatable bonds is 1. The van der Waals surface area contributed by atoms with E-state index in [1.165, 1.54) is 0 Å². The van der Waals surface area contributed by atoms with Crippen molar-refractivity contribution in [2.45, 2.75) is 0 Å². The Hall–Kier alpha value is -1.71. The molecule has 11 heavy (non-hydrogen) atoms. The SMILES string of the molecule is [c]1ccc(-n2ccnn2)nc1. The van der Waals surface area contributed by atoms with Gasteiger partial charge in [0.05, 0.1) is 12.4 Å². The molecule has 2 aromatic heterocycles. The van der Waals surface area contributed by atoms with Crippen molar-refractivity contribution in [1.82, 2.24) is 20.0 Å². The molecule has 1 radical (unpaired) electrons. The fraction of sp³-hybridized carbons (Fsp3) is 0. The van der Waals surface area contributed by atoms with Crippen molar-refractivity contribution in [1.29, 1.82) is 0 Å². The van der Waals surface area contributed by atoms with Crippen LogP contribution >= 0.6 is 0 Å². The van der Waals surface area contributed by atoms with Gasteiger partial charge in [-0.15, -0.1) is 5.10 Å². The van der Waals surface area contributed by atoms with Gasteiger partial charge in [0.1, 0.15) is 0 Å². The van der Waals surface area contributed by atoms with Gasteiger partial charge in [-0.25, -0.2) is 9.67 Å². The van der Waals surface area contributed by atoms with Gasteiger partial charge in [-0.1, -0.05) is 5.21 Å². The molecule has 0 bridgehead atoms. The predicted octanol–water partition coefficient (Wildman–Crippen LogP) is 0.462. The second-order valence-corrected chi connectivity index (χ2v) is 1.96. The standard InChI is InChI=1S/C7H5N4/c1-2-4-8-7(3-1)11-6-5-9-10-11/h1,3-6H. The molecule has 0 aliphatic heterocycles. The quantitative estimate of drug-likeness (QED) is 0.585. The molecule has 2 heterocycles. The molecule has 0 aliphatic carbocycles. The summed E-state index contributed by atoms with van der Waals surface area (Å²) < 4.78 is 1.59. The van der Waals surface area contributed by atoms with Gasteiger partial charge in [0.15, 0.2) is 5.82 Å². The molecule has 4 nitrogen and oxygen atoms in total. The van der Waals surface area contributed by atoms with E-state index >= 15 is 0 Å². The number of aromatic nitrogens is 4. The van der Waals surface area contributed by atoms with Crippen molar-refractivity contribution in [2.24, 2.45) is 0 Å². The molecule has 0 saturated heterocycles. The number of hydrogen-bond donors (Lipinski definition) is 0. The van der Waals surface area contributed by atoms with Crippen molar-refractivity contribution in [2.75, 3.05) is 0 Å². The Labute approximate surface area is 63.5 Å². The Morgan fingerprint density at radius 1 is 1.45 bits per heavy atom. The lowest BCUT2D eigenvalue weighted by atomic mass is 10.5. The summed E-state index contributed by atoms with van der Waals surface area (Å²) in [4.78, 5) is 4.03. The summed E-state index contributed by atoms with van der Waals surface area (Å²) in [6, 6.07) is 6.42. The molecule has 4 heteroatoms. The van der Waals surface area contributed by atoms with Gasteiger partial charge < -0.3 is 0 Å². The summed E-state index contributed by atoms with van der Waals surface area (Å²) >= 11 is 0. The second kappa shape index (κ2) is 2.49. The van der Waals surface area contributed by atoms with E-state index in [-0.39, 0.29) is 0 Å². The van der Waals surface area contributed by atoms with Crippen molar-refractivity contribution < 1.29 is 0 Å². The minimum absolute atomic E-state index is 0.751. The normalized spacial score (nSPS) is 9.82. The Bertz CT molecular complexity index is 313. The highest BCUT2D eigenvalue weighted by Gasteiger charge is 1.93. The third-order valence-electron chi connectivity index (χ3n) is 1.26. The van der Waals surface area contributed by atoms with Crippen LogP contribution < -0.4 is 0 Å². The number of pyridine rings is 1. The van der Waals surface area contributed by atoms with Gasteiger partial charge >= 0.3 is 0 Å². The van der Waals surface area contributed by atoms with Crippen molar-refractivity contribution in [3.8, 4) is 5.82 Å². The van der Waals surface area contributed by atoms with E-state index in [9.17, 15) is 0 Å². The highest BCUT2D eigenvalue weighted by molar-refractivity contribution is 5.17. The summed E-state index contributed by atoms with van der Waals surface area (Å²) in [7, 11) is 0. The van der Waals surface area contributed by atoms with E-state index in [1.54, 1.807) is 29.3 Å². The molecule has 0 N–H and O–H groups in total. The first-order chi connectivity index (χ1) is 5.47. The summed E-state index contributed by atoms with van der Waals surface area (Å²) in [5, 5.41) is 7.44. The first-order valence-electron chi connectivity index (χ1n) is 3.15. The molecule has 2 aromatic rings. The Morgan fingerprint density at radius 3 is 3.09 bits per heavy atom. The molecule has 53 valence electrons. The first-order valence-corrected chi connectivity index (χ1v) is 3.15. The molecular weight excluding hydrogens is 140 g/mol. The average Bonchev–Trinajstić information content (AvgIpc) is 2.58. The third kappa shape index (κ3) is 1.10. The van der Waals surface area contributed by atoms with E-state index in [0.29, 0.717) is 0 Å². The van der Waals surface area contributed by atoms with Crippen LogP contribution in [-0.4, -0.2) is 20.0 Å². The van der Waals surface area contributed by atoms with Crippen LogP contribution in [0, 0.1) is 6.07 Å². The van der Waals surface area contributed by atoms with Crippen LogP contribution in [0.3, 0.4) is 0 Å². The van der Waals surface area contributed by atoms with E-state index in [1.807, 2.05) is 6.07 Å². The van der Waals surface area contributed by atoms with Gasteiger partial charge in [0, 0.05) is 12.3 Å². The van der Waals surface area contributed by atoms with Crippen LogP contribution in [0.15, 0.2) is 30.7 Å². The lowest BCUT2D eigenvalue weighted by molar-refractivity contribution is 0.781. The highest BCUT2D eigenvalue weighted by Crippen LogP contribution is 1.97. The van der Waals surface area contributed by atoms with E-state index < -0.39 is 0 Å². The van der Waals surface area contributed by atoms with Crippen molar-refractivity contribution in [3.05, 3.63) is 36.8 Å². The maximum Gasteiger partial charge on any atom is 0.155 e. The van der Waals surface area contributed by atoms with Crippen LogP contribution in [0.4, 0.5) is 0 Å².